The average Bonchev–Trinajstić information content (AvgIpc) is 2.79. The highest BCUT2D eigenvalue weighted by molar-refractivity contribution is 9.10. The summed E-state index contributed by atoms with van der Waals surface area (Å²) in [5, 5.41) is 6.21. The van der Waals surface area contributed by atoms with Gasteiger partial charge in [0.15, 0.2) is 6.61 Å². The molecule has 0 atom stereocenters. The number of nitrogens with two attached hydrogens (primary N) is 1. The number of rotatable bonds is 4. The van der Waals surface area contributed by atoms with E-state index < -0.39 is 18.5 Å². The SMILES string of the molecule is Cc1cc(Br)ccc1NC(=O)COC(=O)c1c(C)noc1N. The summed E-state index contributed by atoms with van der Waals surface area (Å²) in [6, 6.07) is 5.42. The number of hydrogen-bond donors (Lipinski definition) is 2. The molecule has 1 heterocycles. The van der Waals surface area contributed by atoms with Crippen LogP contribution < -0.4 is 11.1 Å². The zero-order chi connectivity index (χ0) is 16.3. The summed E-state index contributed by atoms with van der Waals surface area (Å²) in [5.74, 6) is -1.34. The van der Waals surface area contributed by atoms with E-state index in [1.165, 1.54) is 0 Å². The number of carbonyl (C=O) groups is 2. The van der Waals surface area contributed by atoms with E-state index in [1.54, 1.807) is 19.1 Å². The molecular formula is C14H14BrN3O4. The van der Waals surface area contributed by atoms with Crippen molar-refractivity contribution in [1.82, 2.24) is 5.16 Å². The Balaban J connectivity index is 1.94. The Labute approximate surface area is 134 Å². The fraction of sp³-hybridized carbons (Fsp3) is 0.214. The molecule has 0 fully saturated rings. The molecule has 116 valence electrons. The molecule has 8 heteroatoms. The van der Waals surface area contributed by atoms with Crippen LogP contribution in [0.15, 0.2) is 27.2 Å². The molecule has 0 aliphatic heterocycles. The molecule has 22 heavy (non-hydrogen) atoms. The van der Waals surface area contributed by atoms with Crippen molar-refractivity contribution in [2.24, 2.45) is 0 Å². The number of amides is 1. The molecular weight excluding hydrogens is 354 g/mol. The van der Waals surface area contributed by atoms with E-state index in [2.05, 4.69) is 30.9 Å². The molecule has 1 aromatic carbocycles. The summed E-state index contributed by atoms with van der Waals surface area (Å²) in [6.45, 7) is 2.98. The van der Waals surface area contributed by atoms with Crippen LogP contribution in [0.25, 0.3) is 0 Å². The number of nitrogen functional groups attached to an aromatic ring is 1. The van der Waals surface area contributed by atoms with Crippen molar-refractivity contribution in [2.75, 3.05) is 17.7 Å². The van der Waals surface area contributed by atoms with Gasteiger partial charge in [-0.2, -0.15) is 0 Å². The Hall–Kier alpha value is -2.35. The van der Waals surface area contributed by atoms with E-state index in [9.17, 15) is 9.59 Å². The van der Waals surface area contributed by atoms with Crippen molar-refractivity contribution >= 4 is 39.4 Å². The zero-order valence-electron chi connectivity index (χ0n) is 12.0. The quantitative estimate of drug-likeness (QED) is 0.803. The largest absolute Gasteiger partial charge is 0.452 e. The number of nitrogens with one attached hydrogen (secondary N) is 1. The normalized spacial score (nSPS) is 10.3. The molecule has 0 saturated carbocycles. The third kappa shape index (κ3) is 3.64. The minimum Gasteiger partial charge on any atom is -0.452 e. The van der Waals surface area contributed by atoms with Gasteiger partial charge in [-0.1, -0.05) is 21.1 Å². The monoisotopic (exact) mass is 367 g/mol. The van der Waals surface area contributed by atoms with Crippen molar-refractivity contribution in [3.8, 4) is 0 Å². The molecule has 2 aromatic rings. The Kier molecular flexibility index (Phi) is 4.81. The Morgan fingerprint density at radius 1 is 1.41 bits per heavy atom. The molecule has 0 aliphatic carbocycles. The lowest BCUT2D eigenvalue weighted by Gasteiger charge is -2.09. The first-order valence-electron chi connectivity index (χ1n) is 6.33. The number of carbonyl (C=O) groups excluding carboxylic acids is 2. The van der Waals surface area contributed by atoms with Crippen LogP contribution in [0.1, 0.15) is 21.6 Å². The van der Waals surface area contributed by atoms with E-state index in [4.69, 9.17) is 10.5 Å². The summed E-state index contributed by atoms with van der Waals surface area (Å²) in [7, 11) is 0. The Morgan fingerprint density at radius 3 is 2.73 bits per heavy atom. The van der Waals surface area contributed by atoms with Crippen molar-refractivity contribution in [1.29, 1.82) is 0 Å². The number of ether oxygens (including phenoxy) is 1. The third-order valence-electron chi connectivity index (χ3n) is 2.89. The molecule has 1 aromatic heterocycles. The number of aryl methyl sites for hydroxylation is 2. The second-order valence-electron chi connectivity index (χ2n) is 4.59. The van der Waals surface area contributed by atoms with Crippen LogP contribution in [-0.4, -0.2) is 23.6 Å². The minimum absolute atomic E-state index is 0.0348. The third-order valence-corrected chi connectivity index (χ3v) is 3.38. The number of halogens is 1. The van der Waals surface area contributed by atoms with Gasteiger partial charge in [-0.15, -0.1) is 0 Å². The lowest BCUT2D eigenvalue weighted by molar-refractivity contribution is -0.119. The highest BCUT2D eigenvalue weighted by Gasteiger charge is 2.20. The number of esters is 1. The predicted octanol–water partition coefficient (Wildman–Crippen LogP) is 2.43. The van der Waals surface area contributed by atoms with Crippen LogP contribution in [0.3, 0.4) is 0 Å². The molecule has 7 nitrogen and oxygen atoms in total. The maximum absolute atomic E-state index is 11.8. The van der Waals surface area contributed by atoms with Gasteiger partial charge in [-0.3, -0.25) is 4.79 Å². The molecule has 0 radical (unpaired) electrons. The molecule has 0 unspecified atom stereocenters. The van der Waals surface area contributed by atoms with Gasteiger partial charge in [0, 0.05) is 10.2 Å². The summed E-state index contributed by atoms with van der Waals surface area (Å²) < 4.78 is 10.5. The van der Waals surface area contributed by atoms with E-state index >= 15 is 0 Å². The van der Waals surface area contributed by atoms with Crippen LogP contribution in [0.2, 0.25) is 0 Å². The lowest BCUT2D eigenvalue weighted by atomic mass is 10.2. The number of nitrogens with zero attached hydrogens (tertiary/aromatic N) is 1. The van der Waals surface area contributed by atoms with Crippen LogP contribution >= 0.6 is 15.9 Å². The molecule has 0 aliphatic rings. The highest BCUT2D eigenvalue weighted by Crippen LogP contribution is 2.20. The van der Waals surface area contributed by atoms with Crippen LogP contribution in [0.4, 0.5) is 11.6 Å². The number of benzene rings is 1. The van der Waals surface area contributed by atoms with Gasteiger partial charge in [0.05, 0.1) is 5.69 Å². The van der Waals surface area contributed by atoms with Gasteiger partial charge >= 0.3 is 5.97 Å². The molecule has 0 bridgehead atoms. The first-order chi connectivity index (χ1) is 10.4. The fourth-order valence-corrected chi connectivity index (χ4v) is 2.27. The second kappa shape index (κ2) is 6.61. The molecule has 0 spiro atoms. The van der Waals surface area contributed by atoms with Crippen LogP contribution in [0, 0.1) is 13.8 Å². The van der Waals surface area contributed by atoms with Gasteiger partial charge < -0.3 is 20.3 Å². The van der Waals surface area contributed by atoms with Crippen molar-refractivity contribution in [3.05, 3.63) is 39.5 Å². The lowest BCUT2D eigenvalue weighted by Crippen LogP contribution is -2.21. The van der Waals surface area contributed by atoms with Gasteiger partial charge in [-0.25, -0.2) is 4.79 Å². The standard InChI is InChI=1S/C14H14BrN3O4/c1-7-5-9(15)3-4-10(7)17-11(19)6-21-14(20)12-8(2)18-22-13(12)16/h3-5H,6,16H2,1-2H3,(H,17,19). The van der Waals surface area contributed by atoms with E-state index in [-0.39, 0.29) is 11.4 Å². The van der Waals surface area contributed by atoms with Gasteiger partial charge in [0.25, 0.3) is 5.91 Å². The molecule has 3 N–H and O–H groups in total. The first kappa shape index (κ1) is 16.0. The van der Waals surface area contributed by atoms with Crippen molar-refractivity contribution in [3.63, 3.8) is 0 Å². The van der Waals surface area contributed by atoms with Gasteiger partial charge in [-0.05, 0) is 37.6 Å². The number of aromatic nitrogens is 1. The maximum atomic E-state index is 11.8. The summed E-state index contributed by atoms with van der Waals surface area (Å²) in [5.41, 5.74) is 7.34. The Bertz CT molecular complexity index is 707. The summed E-state index contributed by atoms with van der Waals surface area (Å²) >= 11 is 3.34. The summed E-state index contributed by atoms with van der Waals surface area (Å²) in [4.78, 5) is 23.7. The smallest absolute Gasteiger partial charge is 0.346 e. The highest BCUT2D eigenvalue weighted by atomic mass is 79.9. The first-order valence-corrected chi connectivity index (χ1v) is 7.12. The average molecular weight is 368 g/mol. The fourth-order valence-electron chi connectivity index (χ4n) is 1.79. The summed E-state index contributed by atoms with van der Waals surface area (Å²) in [6.07, 6.45) is 0. The maximum Gasteiger partial charge on any atom is 0.346 e. The number of hydrogen-bond acceptors (Lipinski definition) is 6. The topological polar surface area (TPSA) is 107 Å². The van der Waals surface area contributed by atoms with Crippen LogP contribution in [0.5, 0.6) is 0 Å². The minimum atomic E-state index is -0.751. The van der Waals surface area contributed by atoms with E-state index in [1.807, 2.05) is 13.0 Å². The second-order valence-corrected chi connectivity index (χ2v) is 5.51. The molecule has 1 amide bonds. The van der Waals surface area contributed by atoms with Gasteiger partial charge in [0.2, 0.25) is 5.88 Å². The van der Waals surface area contributed by atoms with E-state index in [0.29, 0.717) is 11.4 Å². The zero-order valence-corrected chi connectivity index (χ0v) is 13.6. The predicted molar refractivity (Wildman–Crippen MR) is 83.4 cm³/mol. The molecule has 2 rings (SSSR count). The van der Waals surface area contributed by atoms with Crippen LogP contribution in [-0.2, 0) is 9.53 Å². The Morgan fingerprint density at radius 2 is 2.14 bits per heavy atom. The van der Waals surface area contributed by atoms with Crippen molar-refractivity contribution < 1.29 is 18.8 Å². The number of anilines is 2. The van der Waals surface area contributed by atoms with Gasteiger partial charge in [0.1, 0.15) is 5.56 Å². The van der Waals surface area contributed by atoms with Crippen molar-refractivity contribution in [2.45, 2.75) is 13.8 Å². The molecule has 0 saturated heterocycles. The van der Waals surface area contributed by atoms with E-state index in [0.717, 1.165) is 10.0 Å².